The highest BCUT2D eigenvalue weighted by Gasteiger charge is 2.31. The highest BCUT2D eigenvalue weighted by molar-refractivity contribution is 5.89. The third-order valence-corrected chi connectivity index (χ3v) is 7.21. The molecule has 1 saturated heterocycles. The molecule has 40 heavy (non-hydrogen) atoms. The number of rotatable bonds is 10. The van der Waals surface area contributed by atoms with Gasteiger partial charge in [0.15, 0.2) is 5.69 Å². The molecule has 0 aliphatic carbocycles. The number of hydrogen-bond acceptors (Lipinski definition) is 6. The monoisotopic (exact) mass is 551 g/mol. The third-order valence-electron chi connectivity index (χ3n) is 7.21. The number of fused-ring (bicyclic) bond motifs is 1. The number of hydrogen-bond donors (Lipinski definition) is 3. The van der Waals surface area contributed by atoms with Crippen LogP contribution in [0.5, 0.6) is 0 Å². The lowest BCUT2D eigenvalue weighted by molar-refractivity contribution is -0.124. The molecule has 1 aliphatic rings. The van der Waals surface area contributed by atoms with Crippen LogP contribution >= 0.6 is 0 Å². The Morgan fingerprint density at radius 3 is 2.52 bits per heavy atom. The molecular formula is C30H41N5O5. The number of esters is 1. The average Bonchev–Trinajstić information content (AvgIpc) is 3.39. The van der Waals surface area contributed by atoms with Crippen LogP contribution in [0.2, 0.25) is 0 Å². The summed E-state index contributed by atoms with van der Waals surface area (Å²) in [6.45, 7) is 9.01. The van der Waals surface area contributed by atoms with E-state index in [4.69, 9.17) is 9.15 Å². The minimum absolute atomic E-state index is 0.0863. The minimum atomic E-state index is -0.734. The van der Waals surface area contributed by atoms with Gasteiger partial charge in [0, 0.05) is 36.6 Å². The molecule has 3 heterocycles. The number of benzene rings is 1. The molecule has 2 aromatic heterocycles. The zero-order chi connectivity index (χ0) is 28.6. The van der Waals surface area contributed by atoms with Gasteiger partial charge >= 0.3 is 12.0 Å². The van der Waals surface area contributed by atoms with E-state index in [9.17, 15) is 14.4 Å². The van der Waals surface area contributed by atoms with Crippen molar-refractivity contribution in [3.05, 3.63) is 53.4 Å². The van der Waals surface area contributed by atoms with Gasteiger partial charge in [0.1, 0.15) is 17.8 Å². The molecule has 1 aromatic carbocycles. The topological polar surface area (TPSA) is 130 Å². The second kappa shape index (κ2) is 13.5. The van der Waals surface area contributed by atoms with E-state index in [-0.39, 0.29) is 36.0 Å². The Labute approximate surface area is 235 Å². The number of nitrogens with one attached hydrogen (secondary N) is 3. The number of aromatic amines is 1. The summed E-state index contributed by atoms with van der Waals surface area (Å²) in [5.41, 5.74) is 2.02. The lowest BCUT2D eigenvalue weighted by Crippen LogP contribution is -2.52. The van der Waals surface area contributed by atoms with Gasteiger partial charge in [0.05, 0.1) is 6.61 Å². The van der Waals surface area contributed by atoms with Crippen molar-refractivity contribution >= 4 is 28.8 Å². The van der Waals surface area contributed by atoms with Crippen LogP contribution in [-0.2, 0) is 16.0 Å². The van der Waals surface area contributed by atoms with Crippen molar-refractivity contribution in [3.8, 4) is 0 Å². The summed E-state index contributed by atoms with van der Waals surface area (Å²) in [4.78, 5) is 48.9. The maximum absolute atomic E-state index is 13.8. The van der Waals surface area contributed by atoms with Gasteiger partial charge in [-0.2, -0.15) is 0 Å². The molecule has 3 amide bonds. The summed E-state index contributed by atoms with van der Waals surface area (Å²) in [7, 11) is 0. The number of aryl methyl sites for hydroxylation is 1. The second-order valence-corrected chi connectivity index (χ2v) is 10.8. The van der Waals surface area contributed by atoms with Crippen molar-refractivity contribution in [1.82, 2.24) is 25.5 Å². The van der Waals surface area contributed by atoms with Crippen LogP contribution in [0.4, 0.5) is 4.79 Å². The molecule has 3 aromatic rings. The van der Waals surface area contributed by atoms with E-state index in [0.29, 0.717) is 31.7 Å². The number of ether oxygens (including phenoxy) is 1. The number of urea groups is 1. The van der Waals surface area contributed by atoms with E-state index >= 15 is 0 Å². The van der Waals surface area contributed by atoms with E-state index in [2.05, 4.69) is 20.6 Å². The van der Waals surface area contributed by atoms with Crippen LogP contribution in [0.3, 0.4) is 0 Å². The first-order valence-electron chi connectivity index (χ1n) is 14.3. The fourth-order valence-electron chi connectivity index (χ4n) is 5.16. The molecule has 0 bridgehead atoms. The summed E-state index contributed by atoms with van der Waals surface area (Å²) in [5.74, 6) is -0.197. The number of para-hydroxylation sites is 1. The van der Waals surface area contributed by atoms with Gasteiger partial charge in [-0.1, -0.05) is 44.9 Å². The quantitative estimate of drug-likeness (QED) is 0.303. The molecule has 2 atom stereocenters. The van der Waals surface area contributed by atoms with Crippen molar-refractivity contribution in [3.63, 3.8) is 0 Å². The fraction of sp³-hybridized carbons (Fsp3) is 0.533. The van der Waals surface area contributed by atoms with Crippen molar-refractivity contribution in [2.75, 3.05) is 19.7 Å². The molecule has 216 valence electrons. The maximum atomic E-state index is 13.8. The summed E-state index contributed by atoms with van der Waals surface area (Å²) in [5, 5.41) is 7.08. The lowest BCUT2D eigenvalue weighted by atomic mass is 10.0. The standard InChI is InChI=1S/C30H41N5O5/c1-5-39-29(37)26-20(4)40-28(34-26)25(17-21-18-31-23-13-9-8-12-22(21)23)32-27(36)24(16-19(2)3)33-30(38)35-14-10-6-7-11-15-35/h8-9,12-13,18-19,24-25,31H,5-7,10-11,14-17H2,1-4H3,(H,32,36)(H,33,38). The van der Waals surface area contributed by atoms with Crippen LogP contribution in [0.25, 0.3) is 10.9 Å². The first kappa shape index (κ1) is 29.2. The van der Waals surface area contributed by atoms with E-state index in [1.165, 1.54) is 0 Å². The van der Waals surface area contributed by atoms with Crippen LogP contribution in [0, 0.1) is 12.8 Å². The first-order chi connectivity index (χ1) is 19.3. The summed E-state index contributed by atoms with van der Waals surface area (Å²) in [6, 6.07) is 6.27. The summed E-state index contributed by atoms with van der Waals surface area (Å²) >= 11 is 0. The third kappa shape index (κ3) is 7.22. The normalized spacial score (nSPS) is 15.5. The van der Waals surface area contributed by atoms with E-state index < -0.39 is 18.1 Å². The van der Waals surface area contributed by atoms with Crippen molar-refractivity contribution < 1.29 is 23.5 Å². The van der Waals surface area contributed by atoms with E-state index in [1.54, 1.807) is 18.7 Å². The van der Waals surface area contributed by atoms with Crippen LogP contribution in [0.15, 0.2) is 34.9 Å². The number of likely N-dealkylation sites (tertiary alicyclic amines) is 1. The Balaban J connectivity index is 1.60. The van der Waals surface area contributed by atoms with E-state index in [1.807, 2.05) is 44.3 Å². The molecule has 3 N–H and O–H groups in total. The minimum Gasteiger partial charge on any atom is -0.461 e. The maximum Gasteiger partial charge on any atom is 0.360 e. The molecular weight excluding hydrogens is 510 g/mol. The molecule has 10 nitrogen and oxygen atoms in total. The van der Waals surface area contributed by atoms with Gasteiger partial charge < -0.3 is 29.7 Å². The first-order valence-corrected chi connectivity index (χ1v) is 14.3. The lowest BCUT2D eigenvalue weighted by Gasteiger charge is -2.27. The summed E-state index contributed by atoms with van der Waals surface area (Å²) in [6.07, 6.45) is 6.90. The van der Waals surface area contributed by atoms with Crippen LogP contribution in [0.1, 0.15) is 86.6 Å². The molecule has 0 radical (unpaired) electrons. The Morgan fingerprint density at radius 2 is 1.82 bits per heavy atom. The Kier molecular flexibility index (Phi) is 9.84. The van der Waals surface area contributed by atoms with Gasteiger partial charge in [-0.25, -0.2) is 14.6 Å². The molecule has 2 unspecified atom stereocenters. The zero-order valence-corrected chi connectivity index (χ0v) is 23.9. The fourth-order valence-corrected chi connectivity index (χ4v) is 5.16. The summed E-state index contributed by atoms with van der Waals surface area (Å²) < 4.78 is 11.1. The molecule has 1 aliphatic heterocycles. The predicted molar refractivity (Wildman–Crippen MR) is 152 cm³/mol. The van der Waals surface area contributed by atoms with Gasteiger partial charge in [-0.3, -0.25) is 4.79 Å². The highest BCUT2D eigenvalue weighted by Crippen LogP contribution is 2.26. The molecule has 0 spiro atoms. The van der Waals surface area contributed by atoms with Gasteiger partial charge in [0.25, 0.3) is 0 Å². The Bertz CT molecular complexity index is 1300. The molecule has 0 saturated carbocycles. The van der Waals surface area contributed by atoms with E-state index in [0.717, 1.165) is 42.1 Å². The number of carbonyl (C=O) groups is 3. The number of nitrogens with zero attached hydrogens (tertiary/aromatic N) is 2. The van der Waals surface area contributed by atoms with Gasteiger partial charge in [0.2, 0.25) is 11.8 Å². The van der Waals surface area contributed by atoms with Gasteiger partial charge in [-0.05, 0) is 50.7 Å². The van der Waals surface area contributed by atoms with Crippen molar-refractivity contribution in [1.29, 1.82) is 0 Å². The molecule has 4 rings (SSSR count). The van der Waals surface area contributed by atoms with Gasteiger partial charge in [-0.15, -0.1) is 0 Å². The molecule has 10 heteroatoms. The SMILES string of the molecule is CCOC(=O)c1nc(C(Cc2c[nH]c3ccccc23)NC(=O)C(CC(C)C)NC(=O)N2CCCCCC2)oc1C. The average molecular weight is 552 g/mol. The number of carbonyl (C=O) groups excluding carboxylic acids is 3. The largest absolute Gasteiger partial charge is 0.461 e. The van der Waals surface area contributed by atoms with Crippen LogP contribution < -0.4 is 10.6 Å². The number of amides is 3. The predicted octanol–water partition coefficient (Wildman–Crippen LogP) is 5.04. The van der Waals surface area contributed by atoms with Crippen LogP contribution in [-0.4, -0.2) is 58.5 Å². The number of aromatic nitrogens is 2. The highest BCUT2D eigenvalue weighted by atomic mass is 16.5. The Morgan fingerprint density at radius 1 is 1.10 bits per heavy atom. The molecule has 1 fully saturated rings. The van der Waals surface area contributed by atoms with Crippen molar-refractivity contribution in [2.24, 2.45) is 5.92 Å². The zero-order valence-electron chi connectivity index (χ0n) is 23.9. The Hall–Kier alpha value is -3.82. The van der Waals surface area contributed by atoms with Crippen molar-refractivity contribution in [2.45, 2.75) is 78.3 Å². The number of H-pyrrole nitrogens is 1. The number of oxazole rings is 1. The second-order valence-electron chi connectivity index (χ2n) is 10.8. The smallest absolute Gasteiger partial charge is 0.360 e.